The molecule has 3 unspecified atom stereocenters. The van der Waals surface area contributed by atoms with Crippen molar-refractivity contribution in [2.45, 2.75) is 31.4 Å². The average molecular weight is 290 g/mol. The zero-order valence-electron chi connectivity index (χ0n) is 13.2. The van der Waals surface area contributed by atoms with Crippen molar-refractivity contribution < 1.29 is 9.90 Å². The number of nitrogens with zero attached hydrogens (tertiary/aromatic N) is 2. The van der Waals surface area contributed by atoms with Crippen LogP contribution in [0.4, 0.5) is 0 Å². The Balaban J connectivity index is 2.16. The molecule has 0 radical (unpaired) electrons. The molecule has 21 heavy (non-hydrogen) atoms. The Bertz CT molecular complexity index is 461. The highest BCUT2D eigenvalue weighted by Crippen LogP contribution is 2.29. The fraction of sp³-hybridized carbons (Fsp3) is 0.588. The molecular formula is C17H26N2O2. The highest BCUT2D eigenvalue weighted by molar-refractivity contribution is 5.82. The first-order valence-electron chi connectivity index (χ1n) is 7.65. The van der Waals surface area contributed by atoms with Crippen LogP contribution < -0.4 is 0 Å². The molecule has 2 rings (SSSR count). The summed E-state index contributed by atoms with van der Waals surface area (Å²) in [5, 5.41) is 10.0. The van der Waals surface area contributed by atoms with Crippen LogP contribution in [0, 0.1) is 5.92 Å². The number of aliphatic hydroxyl groups excluding tert-OH is 1. The molecule has 3 atom stereocenters. The van der Waals surface area contributed by atoms with Gasteiger partial charge in [0.15, 0.2) is 0 Å². The van der Waals surface area contributed by atoms with Gasteiger partial charge in [0, 0.05) is 20.6 Å². The number of hydrogen-bond acceptors (Lipinski definition) is 3. The Kier molecular flexibility index (Phi) is 5.37. The van der Waals surface area contributed by atoms with Crippen LogP contribution in [-0.2, 0) is 4.79 Å². The summed E-state index contributed by atoms with van der Waals surface area (Å²) in [4.78, 5) is 16.3. The monoisotopic (exact) mass is 290 g/mol. The lowest BCUT2D eigenvalue weighted by molar-refractivity contribution is -0.134. The quantitative estimate of drug-likeness (QED) is 0.901. The van der Waals surface area contributed by atoms with E-state index in [9.17, 15) is 9.90 Å². The molecule has 1 aliphatic rings. The van der Waals surface area contributed by atoms with E-state index in [1.807, 2.05) is 37.4 Å². The summed E-state index contributed by atoms with van der Waals surface area (Å²) in [6.45, 7) is 0.750. The molecule has 1 N–H and O–H groups in total. The van der Waals surface area contributed by atoms with Crippen LogP contribution in [0.3, 0.4) is 0 Å². The molecule has 0 saturated heterocycles. The lowest BCUT2D eigenvalue weighted by atomic mass is 10.0. The Morgan fingerprint density at radius 3 is 2.43 bits per heavy atom. The first-order valence-corrected chi connectivity index (χ1v) is 7.65. The number of aliphatic hydroxyl groups is 1. The molecule has 0 spiro atoms. The molecule has 0 bridgehead atoms. The Morgan fingerprint density at radius 2 is 1.90 bits per heavy atom. The third-order valence-electron chi connectivity index (χ3n) is 4.37. The summed E-state index contributed by atoms with van der Waals surface area (Å²) >= 11 is 0. The van der Waals surface area contributed by atoms with Crippen LogP contribution in [0.1, 0.15) is 30.9 Å². The molecule has 116 valence electrons. The molecule has 0 aromatic heterocycles. The number of benzene rings is 1. The standard InChI is InChI=1S/C17H26N2O2/c1-18(2)17(21)16(13-8-5-4-6-9-13)19(3)12-14-10-7-11-15(14)20/h4-6,8-9,14-16,20H,7,10-12H2,1-3H3. The predicted molar refractivity (Wildman–Crippen MR) is 83.9 cm³/mol. The number of hydrogen-bond donors (Lipinski definition) is 1. The van der Waals surface area contributed by atoms with Gasteiger partial charge in [0.1, 0.15) is 6.04 Å². The maximum Gasteiger partial charge on any atom is 0.244 e. The lowest BCUT2D eigenvalue weighted by Gasteiger charge is -2.32. The molecule has 4 heteroatoms. The Morgan fingerprint density at radius 1 is 1.24 bits per heavy atom. The summed E-state index contributed by atoms with van der Waals surface area (Å²) in [6, 6.07) is 9.59. The average Bonchev–Trinajstić information content (AvgIpc) is 2.85. The lowest BCUT2D eigenvalue weighted by Crippen LogP contribution is -2.41. The third-order valence-corrected chi connectivity index (χ3v) is 4.37. The van der Waals surface area contributed by atoms with Gasteiger partial charge in [0.25, 0.3) is 0 Å². The minimum atomic E-state index is -0.283. The SMILES string of the molecule is CN(C)C(=O)C(c1ccccc1)N(C)CC1CCCC1O. The molecule has 1 amide bonds. The molecule has 4 nitrogen and oxygen atoms in total. The van der Waals surface area contributed by atoms with Crippen LogP contribution in [0.2, 0.25) is 0 Å². The van der Waals surface area contributed by atoms with E-state index in [2.05, 4.69) is 4.90 Å². The van der Waals surface area contributed by atoms with Gasteiger partial charge in [-0.1, -0.05) is 36.8 Å². The van der Waals surface area contributed by atoms with Crippen molar-refractivity contribution >= 4 is 5.91 Å². The van der Waals surface area contributed by atoms with Gasteiger partial charge >= 0.3 is 0 Å². The van der Waals surface area contributed by atoms with E-state index in [1.54, 1.807) is 19.0 Å². The maximum absolute atomic E-state index is 12.6. The largest absolute Gasteiger partial charge is 0.393 e. The van der Waals surface area contributed by atoms with Crippen LogP contribution in [0.5, 0.6) is 0 Å². The summed E-state index contributed by atoms with van der Waals surface area (Å²) < 4.78 is 0. The number of carbonyl (C=O) groups excluding carboxylic acids is 1. The fourth-order valence-electron chi connectivity index (χ4n) is 3.17. The summed E-state index contributed by atoms with van der Waals surface area (Å²) in [5.74, 6) is 0.354. The zero-order chi connectivity index (χ0) is 15.4. The number of likely N-dealkylation sites (N-methyl/N-ethyl adjacent to an activating group) is 2. The van der Waals surface area contributed by atoms with Gasteiger partial charge in [-0.25, -0.2) is 0 Å². The van der Waals surface area contributed by atoms with Gasteiger partial charge in [-0.3, -0.25) is 9.69 Å². The molecule has 1 aliphatic carbocycles. The van der Waals surface area contributed by atoms with Crippen LogP contribution in [0.25, 0.3) is 0 Å². The van der Waals surface area contributed by atoms with Gasteiger partial charge in [-0.15, -0.1) is 0 Å². The van der Waals surface area contributed by atoms with Gasteiger partial charge in [-0.2, -0.15) is 0 Å². The number of carbonyl (C=O) groups is 1. The van der Waals surface area contributed by atoms with E-state index in [0.717, 1.165) is 31.4 Å². The highest BCUT2D eigenvalue weighted by atomic mass is 16.3. The molecule has 1 saturated carbocycles. The number of rotatable bonds is 5. The zero-order valence-corrected chi connectivity index (χ0v) is 13.2. The second-order valence-corrected chi connectivity index (χ2v) is 6.24. The summed E-state index contributed by atoms with van der Waals surface area (Å²) in [7, 11) is 5.55. The van der Waals surface area contributed by atoms with Crippen molar-refractivity contribution in [2.24, 2.45) is 5.92 Å². The number of amides is 1. The second-order valence-electron chi connectivity index (χ2n) is 6.24. The van der Waals surface area contributed by atoms with Gasteiger partial charge in [0.2, 0.25) is 5.91 Å². The third kappa shape index (κ3) is 3.83. The Labute approximate surface area is 127 Å². The van der Waals surface area contributed by atoms with Crippen LogP contribution in [-0.4, -0.2) is 54.6 Å². The van der Waals surface area contributed by atoms with Crippen molar-refractivity contribution in [3.05, 3.63) is 35.9 Å². The van der Waals surface area contributed by atoms with Crippen LogP contribution >= 0.6 is 0 Å². The first kappa shape index (κ1) is 16.0. The topological polar surface area (TPSA) is 43.8 Å². The molecule has 0 aliphatic heterocycles. The summed E-state index contributed by atoms with van der Waals surface area (Å²) in [5.41, 5.74) is 1.01. The van der Waals surface area contributed by atoms with E-state index >= 15 is 0 Å². The fourth-order valence-corrected chi connectivity index (χ4v) is 3.17. The van der Waals surface area contributed by atoms with E-state index in [1.165, 1.54) is 0 Å². The molecule has 1 aromatic rings. The molecule has 1 fully saturated rings. The van der Waals surface area contributed by atoms with E-state index in [-0.39, 0.29) is 24.0 Å². The van der Waals surface area contributed by atoms with E-state index < -0.39 is 0 Å². The molecule has 1 aromatic carbocycles. The predicted octanol–water partition coefficient (Wildman–Crippen LogP) is 1.91. The maximum atomic E-state index is 12.6. The van der Waals surface area contributed by atoms with Gasteiger partial charge in [0.05, 0.1) is 6.10 Å². The minimum absolute atomic E-state index is 0.0798. The smallest absolute Gasteiger partial charge is 0.244 e. The van der Waals surface area contributed by atoms with Gasteiger partial charge < -0.3 is 10.0 Å². The first-order chi connectivity index (χ1) is 10.0. The Hall–Kier alpha value is -1.39. The summed E-state index contributed by atoms with van der Waals surface area (Å²) in [6.07, 6.45) is 2.79. The highest BCUT2D eigenvalue weighted by Gasteiger charge is 2.32. The minimum Gasteiger partial charge on any atom is -0.393 e. The van der Waals surface area contributed by atoms with Crippen molar-refractivity contribution in [3.63, 3.8) is 0 Å². The second kappa shape index (κ2) is 7.05. The molecular weight excluding hydrogens is 264 g/mol. The van der Waals surface area contributed by atoms with Crippen LogP contribution in [0.15, 0.2) is 30.3 Å². The van der Waals surface area contributed by atoms with Crippen molar-refractivity contribution in [1.82, 2.24) is 9.80 Å². The normalized spacial score (nSPS) is 23.3. The van der Waals surface area contributed by atoms with Crippen molar-refractivity contribution in [2.75, 3.05) is 27.7 Å². The van der Waals surface area contributed by atoms with Crippen molar-refractivity contribution in [3.8, 4) is 0 Å². The molecule has 0 heterocycles. The van der Waals surface area contributed by atoms with Gasteiger partial charge in [-0.05, 0) is 31.4 Å². The van der Waals surface area contributed by atoms with E-state index in [4.69, 9.17) is 0 Å². The van der Waals surface area contributed by atoms with Crippen molar-refractivity contribution in [1.29, 1.82) is 0 Å². The van der Waals surface area contributed by atoms with E-state index in [0.29, 0.717) is 0 Å².